The molecule has 0 saturated carbocycles. The zero-order valence-electron chi connectivity index (χ0n) is 16.8. The summed E-state index contributed by atoms with van der Waals surface area (Å²) in [5.41, 5.74) is 1.90. The second-order valence-corrected chi connectivity index (χ2v) is 9.23. The Kier molecular flexibility index (Phi) is 5.24. The molecule has 0 spiro atoms. The van der Waals surface area contributed by atoms with Gasteiger partial charge in [0.15, 0.2) is 5.82 Å². The van der Waals surface area contributed by atoms with Crippen LogP contribution >= 0.6 is 23.1 Å². The average Bonchev–Trinajstić information content (AvgIpc) is 3.39. The number of H-pyrrole nitrogens is 1. The zero-order chi connectivity index (χ0) is 22.2. The second kappa shape index (κ2) is 8.21. The Hall–Kier alpha value is -3.50. The van der Waals surface area contributed by atoms with Gasteiger partial charge in [-0.3, -0.25) is 4.79 Å². The third kappa shape index (κ3) is 3.57. The maximum Gasteiger partial charge on any atom is 0.260 e. The lowest BCUT2D eigenvalue weighted by molar-refractivity contribution is 0.629. The number of halogens is 1. The van der Waals surface area contributed by atoms with Gasteiger partial charge in [-0.15, -0.1) is 21.5 Å². The predicted octanol–water partition coefficient (Wildman–Crippen LogP) is 4.62. The van der Waals surface area contributed by atoms with Gasteiger partial charge in [0.25, 0.3) is 5.56 Å². The second-order valence-electron chi connectivity index (χ2n) is 7.06. The molecule has 3 aromatic heterocycles. The smallest absolute Gasteiger partial charge is 0.260 e. The van der Waals surface area contributed by atoms with Crippen LogP contribution in [0.4, 0.5) is 4.39 Å². The first-order valence-corrected chi connectivity index (χ1v) is 11.5. The molecule has 0 aliphatic heterocycles. The first-order chi connectivity index (χ1) is 15.5. The Bertz CT molecular complexity index is 1480. The van der Waals surface area contributed by atoms with Gasteiger partial charge in [-0.1, -0.05) is 54.2 Å². The minimum absolute atomic E-state index is 0.196. The van der Waals surface area contributed by atoms with Gasteiger partial charge in [0.05, 0.1) is 16.2 Å². The molecule has 10 heteroatoms. The van der Waals surface area contributed by atoms with Crippen molar-refractivity contribution in [3.05, 3.63) is 82.0 Å². The van der Waals surface area contributed by atoms with E-state index in [0.29, 0.717) is 21.2 Å². The molecule has 7 nitrogen and oxygen atoms in total. The van der Waals surface area contributed by atoms with E-state index in [2.05, 4.69) is 20.2 Å². The van der Waals surface area contributed by atoms with Crippen LogP contribution in [0.2, 0.25) is 0 Å². The van der Waals surface area contributed by atoms with Crippen molar-refractivity contribution >= 4 is 33.3 Å². The number of aromatic amines is 1. The number of rotatable bonds is 5. The fourth-order valence-corrected chi connectivity index (χ4v) is 5.17. The van der Waals surface area contributed by atoms with E-state index >= 15 is 0 Å². The molecule has 5 aromatic rings. The van der Waals surface area contributed by atoms with Crippen molar-refractivity contribution in [3.63, 3.8) is 0 Å². The summed E-state index contributed by atoms with van der Waals surface area (Å²) in [5, 5.41) is 10.8. The summed E-state index contributed by atoms with van der Waals surface area (Å²) in [6, 6.07) is 16.0. The van der Waals surface area contributed by atoms with Crippen molar-refractivity contribution in [3.8, 4) is 22.5 Å². The maximum absolute atomic E-state index is 14.1. The molecule has 32 heavy (non-hydrogen) atoms. The van der Waals surface area contributed by atoms with Crippen molar-refractivity contribution in [2.24, 2.45) is 0 Å². The van der Waals surface area contributed by atoms with Crippen LogP contribution in [0.5, 0.6) is 0 Å². The number of nitrogen functional groups attached to an aromatic ring is 1. The zero-order valence-corrected chi connectivity index (χ0v) is 18.5. The lowest BCUT2D eigenvalue weighted by Gasteiger charge is -2.10. The Morgan fingerprint density at radius 3 is 2.62 bits per heavy atom. The van der Waals surface area contributed by atoms with E-state index in [1.54, 1.807) is 18.2 Å². The topological polar surface area (TPSA) is 102 Å². The first kappa shape index (κ1) is 20.4. The van der Waals surface area contributed by atoms with Gasteiger partial charge in [-0.05, 0) is 24.6 Å². The van der Waals surface area contributed by atoms with Crippen molar-refractivity contribution in [1.29, 1.82) is 0 Å². The van der Waals surface area contributed by atoms with Crippen molar-refractivity contribution in [2.75, 3.05) is 5.84 Å². The van der Waals surface area contributed by atoms with E-state index < -0.39 is 5.82 Å². The molecule has 160 valence electrons. The van der Waals surface area contributed by atoms with Crippen LogP contribution < -0.4 is 11.4 Å². The summed E-state index contributed by atoms with van der Waals surface area (Å²) >= 11 is 2.71. The highest BCUT2D eigenvalue weighted by Crippen LogP contribution is 2.35. The van der Waals surface area contributed by atoms with Crippen LogP contribution in [-0.4, -0.2) is 24.8 Å². The van der Waals surface area contributed by atoms with Crippen molar-refractivity contribution < 1.29 is 4.39 Å². The van der Waals surface area contributed by atoms with Crippen molar-refractivity contribution in [1.82, 2.24) is 24.8 Å². The van der Waals surface area contributed by atoms with E-state index in [1.807, 2.05) is 42.6 Å². The number of fused-ring (bicyclic) bond motifs is 1. The highest BCUT2D eigenvalue weighted by molar-refractivity contribution is 7.99. The van der Waals surface area contributed by atoms with Gasteiger partial charge in [0.1, 0.15) is 16.5 Å². The van der Waals surface area contributed by atoms with Gasteiger partial charge in [-0.2, -0.15) is 0 Å². The number of hydrogen-bond acceptors (Lipinski definition) is 7. The minimum atomic E-state index is -0.431. The fraction of sp³-hybridized carbons (Fsp3) is 0.0909. The summed E-state index contributed by atoms with van der Waals surface area (Å²) in [5.74, 6) is 6.43. The highest BCUT2D eigenvalue weighted by Gasteiger charge is 2.21. The molecule has 0 aliphatic rings. The monoisotopic (exact) mass is 464 g/mol. The molecule has 1 unspecified atom stereocenters. The Morgan fingerprint density at radius 1 is 1.09 bits per heavy atom. The summed E-state index contributed by atoms with van der Waals surface area (Å²) in [7, 11) is 0. The van der Waals surface area contributed by atoms with Crippen LogP contribution in [0.15, 0.2) is 69.9 Å². The summed E-state index contributed by atoms with van der Waals surface area (Å²) in [6.45, 7) is 1.89. The van der Waals surface area contributed by atoms with Gasteiger partial charge in [0, 0.05) is 10.9 Å². The van der Waals surface area contributed by atoms with Crippen LogP contribution in [0.3, 0.4) is 0 Å². The number of thioether (sulfide) groups is 1. The molecule has 3 N–H and O–H groups in total. The molecular weight excluding hydrogens is 447 g/mol. The van der Waals surface area contributed by atoms with Gasteiger partial charge in [0.2, 0.25) is 5.16 Å². The SMILES string of the molecule is CC(Sc1nnc(-c2ccccc2F)n1N)c1nc2scc(-c3ccccc3)c2c(=O)[nH]1. The Labute approximate surface area is 190 Å². The first-order valence-electron chi connectivity index (χ1n) is 9.72. The predicted molar refractivity (Wildman–Crippen MR) is 126 cm³/mol. The molecule has 0 aliphatic carbocycles. The highest BCUT2D eigenvalue weighted by atomic mass is 32.2. The molecule has 2 aromatic carbocycles. The standard InChI is InChI=1S/C22H17FN6OS2/c1-12(32-22-28-27-19(29(22)24)14-9-5-6-10-16(14)23)18-25-20(30)17-15(11-31-21(17)26-18)13-7-3-2-4-8-13/h2-12H,24H2,1H3,(H,25,26,30). The largest absolute Gasteiger partial charge is 0.335 e. The lowest BCUT2D eigenvalue weighted by Crippen LogP contribution is -2.14. The van der Waals surface area contributed by atoms with Gasteiger partial charge < -0.3 is 10.8 Å². The van der Waals surface area contributed by atoms with Crippen LogP contribution in [0.25, 0.3) is 32.7 Å². The third-order valence-corrected chi connectivity index (χ3v) is 6.93. The number of hydrogen-bond donors (Lipinski definition) is 2. The van der Waals surface area contributed by atoms with Gasteiger partial charge >= 0.3 is 0 Å². The summed E-state index contributed by atoms with van der Waals surface area (Å²) in [4.78, 5) is 21.1. The van der Waals surface area contributed by atoms with E-state index in [-0.39, 0.29) is 22.2 Å². The lowest BCUT2D eigenvalue weighted by atomic mass is 10.1. The average molecular weight is 465 g/mol. The van der Waals surface area contributed by atoms with Gasteiger partial charge in [-0.25, -0.2) is 14.1 Å². The quantitative estimate of drug-likeness (QED) is 0.291. The maximum atomic E-state index is 14.1. The number of nitrogens with one attached hydrogen (secondary N) is 1. The summed E-state index contributed by atoms with van der Waals surface area (Å²) < 4.78 is 15.4. The number of thiophene rings is 1. The van der Waals surface area contributed by atoms with E-state index in [4.69, 9.17) is 5.84 Å². The normalized spacial score (nSPS) is 12.3. The molecule has 0 amide bonds. The Balaban J connectivity index is 1.46. The number of nitrogens with zero attached hydrogens (tertiary/aromatic N) is 4. The third-order valence-electron chi connectivity index (χ3n) is 4.99. The van der Waals surface area contributed by atoms with Crippen LogP contribution in [-0.2, 0) is 0 Å². The molecule has 5 rings (SSSR count). The minimum Gasteiger partial charge on any atom is -0.335 e. The molecule has 0 bridgehead atoms. The van der Waals surface area contributed by atoms with Crippen molar-refractivity contribution in [2.45, 2.75) is 17.3 Å². The van der Waals surface area contributed by atoms with Crippen LogP contribution in [0.1, 0.15) is 18.0 Å². The molecule has 0 saturated heterocycles. The summed E-state index contributed by atoms with van der Waals surface area (Å²) in [6.07, 6.45) is 0. The molecule has 0 radical (unpaired) electrons. The number of nitrogens with two attached hydrogens (primary N) is 1. The Morgan fingerprint density at radius 2 is 1.84 bits per heavy atom. The van der Waals surface area contributed by atoms with E-state index in [9.17, 15) is 9.18 Å². The molecule has 0 fully saturated rings. The number of benzene rings is 2. The number of aromatic nitrogens is 5. The fourth-order valence-electron chi connectivity index (χ4n) is 3.39. The van der Waals surface area contributed by atoms with Crippen LogP contribution in [0, 0.1) is 5.82 Å². The van der Waals surface area contributed by atoms with E-state index in [1.165, 1.54) is 33.8 Å². The molecule has 3 heterocycles. The van der Waals surface area contributed by atoms with E-state index in [0.717, 1.165) is 11.1 Å². The molecular formula is C22H17FN6OS2. The molecule has 1 atom stereocenters.